The van der Waals surface area contributed by atoms with Crippen molar-refractivity contribution in [1.82, 2.24) is 49.8 Å². The zero-order chi connectivity index (χ0) is 46.5. The van der Waals surface area contributed by atoms with Crippen LogP contribution in [0.5, 0.6) is 0 Å². The molecule has 18 nitrogen and oxygen atoms in total. The molecule has 6 fully saturated rings. The van der Waals surface area contributed by atoms with Crippen LogP contribution in [0.15, 0.2) is 79.0 Å². The van der Waals surface area contributed by atoms with E-state index in [0.29, 0.717) is 49.6 Å². The van der Waals surface area contributed by atoms with Gasteiger partial charge in [-0.15, -0.1) is 0 Å². The lowest BCUT2D eigenvalue weighted by Gasteiger charge is -2.56. The van der Waals surface area contributed by atoms with Crippen LogP contribution < -0.4 is 20.9 Å². The van der Waals surface area contributed by atoms with Crippen molar-refractivity contribution in [3.05, 3.63) is 84.6 Å². The molecule has 18 heteroatoms. The van der Waals surface area contributed by atoms with Gasteiger partial charge in [0.1, 0.15) is 18.1 Å². The third-order valence-corrected chi connectivity index (χ3v) is 15.9. The molecule has 1 atom stereocenters. The zero-order valence-corrected chi connectivity index (χ0v) is 38.2. The summed E-state index contributed by atoms with van der Waals surface area (Å²) >= 11 is 0. The van der Waals surface area contributed by atoms with Crippen LogP contribution in [0.4, 0.5) is 17.2 Å². The van der Waals surface area contributed by atoms with E-state index >= 15 is 0 Å². The monoisotopic (exact) mass is 922 g/mol. The second-order valence-electron chi connectivity index (χ2n) is 20.0. The van der Waals surface area contributed by atoms with Crippen LogP contribution >= 0.6 is 0 Å². The fourth-order valence-electron chi connectivity index (χ4n) is 11.8. The van der Waals surface area contributed by atoms with E-state index in [0.717, 1.165) is 92.3 Å². The van der Waals surface area contributed by atoms with Crippen LogP contribution in [0.25, 0.3) is 11.2 Å². The number of nitrogens with zero attached hydrogens (tertiary/aromatic N) is 9. The van der Waals surface area contributed by atoms with E-state index in [1.807, 2.05) is 41.6 Å². The van der Waals surface area contributed by atoms with Crippen molar-refractivity contribution < 1.29 is 28.8 Å². The van der Waals surface area contributed by atoms with Crippen molar-refractivity contribution in [1.29, 1.82) is 0 Å². The lowest BCUT2D eigenvalue weighted by molar-refractivity contribution is -0.150. The molecular weight excluding hydrogens is 865 g/mol. The van der Waals surface area contributed by atoms with Crippen molar-refractivity contribution in [2.45, 2.75) is 94.8 Å². The maximum absolute atomic E-state index is 13.7. The van der Waals surface area contributed by atoms with E-state index in [1.54, 1.807) is 6.33 Å². The van der Waals surface area contributed by atoms with Gasteiger partial charge < -0.3 is 29.9 Å². The summed E-state index contributed by atoms with van der Waals surface area (Å²) < 4.78 is 2.10. The summed E-state index contributed by atoms with van der Waals surface area (Å²) in [5.74, 6) is -1.27. The fraction of sp³-hybridized carbons (Fsp3) is 0.500. The van der Waals surface area contributed by atoms with Gasteiger partial charge in [-0.2, -0.15) is 0 Å². The van der Waals surface area contributed by atoms with Gasteiger partial charge in [0.25, 0.3) is 11.8 Å². The molecule has 2 saturated carbocycles. The molecule has 4 saturated heterocycles. The number of imidazole rings is 1. The SMILES string of the molecule is O=C1CC[C@H](N2C(=O)C=C(N3CCC(C(=O)N4CCC5(CC4)CC(N4CCN(c6ccc(Nc7ncnc8c7ncn8C7CC(NC(=O)Cc8ccccc8)C7)cc6)CC4)C5)CC3)C2=O)C(=O)N1. The van der Waals surface area contributed by atoms with Gasteiger partial charge in [0.05, 0.1) is 12.7 Å². The van der Waals surface area contributed by atoms with E-state index in [4.69, 9.17) is 4.98 Å². The molecule has 5 aliphatic heterocycles. The molecule has 0 radical (unpaired) electrons. The van der Waals surface area contributed by atoms with Gasteiger partial charge in [0.15, 0.2) is 17.0 Å². The highest BCUT2D eigenvalue weighted by molar-refractivity contribution is 6.18. The average molecular weight is 923 g/mol. The lowest BCUT2D eigenvalue weighted by Crippen LogP contribution is -2.59. The molecule has 4 aromatic rings. The first kappa shape index (κ1) is 43.9. The summed E-state index contributed by atoms with van der Waals surface area (Å²) in [6.45, 7) is 6.55. The van der Waals surface area contributed by atoms with Crippen LogP contribution in [-0.4, -0.2) is 145 Å². The molecule has 354 valence electrons. The molecule has 7 aliphatic rings. The minimum atomic E-state index is -0.981. The first-order chi connectivity index (χ1) is 33.1. The van der Waals surface area contributed by atoms with Crippen molar-refractivity contribution in [3.63, 3.8) is 0 Å². The molecule has 0 bridgehead atoms. The number of hydrogen-bond donors (Lipinski definition) is 3. The normalized spacial score (nSPS) is 24.8. The molecule has 6 amide bonds. The number of imide groups is 2. The number of benzene rings is 2. The van der Waals surface area contributed by atoms with Crippen LogP contribution in [0.1, 0.15) is 75.8 Å². The van der Waals surface area contributed by atoms with Crippen molar-refractivity contribution >= 4 is 63.8 Å². The van der Waals surface area contributed by atoms with Gasteiger partial charge in [0, 0.05) is 100 Å². The predicted molar refractivity (Wildman–Crippen MR) is 251 cm³/mol. The maximum Gasteiger partial charge on any atom is 0.277 e. The Kier molecular flexibility index (Phi) is 11.7. The minimum absolute atomic E-state index is 0.0455. The van der Waals surface area contributed by atoms with E-state index in [-0.39, 0.29) is 48.4 Å². The highest BCUT2D eigenvalue weighted by Crippen LogP contribution is 2.51. The van der Waals surface area contributed by atoms with Gasteiger partial charge >= 0.3 is 0 Å². The highest BCUT2D eigenvalue weighted by atomic mass is 16.2. The smallest absolute Gasteiger partial charge is 0.277 e. The summed E-state index contributed by atoms with van der Waals surface area (Å²) in [4.78, 5) is 100. The van der Waals surface area contributed by atoms with Gasteiger partial charge in [-0.05, 0) is 93.0 Å². The largest absolute Gasteiger partial charge is 0.369 e. The number of rotatable bonds is 11. The number of hydrogen-bond acceptors (Lipinski definition) is 13. The molecule has 0 unspecified atom stereocenters. The number of aromatic nitrogens is 4. The molecule has 11 rings (SSSR count). The summed E-state index contributed by atoms with van der Waals surface area (Å²) in [5, 5.41) is 8.87. The lowest BCUT2D eigenvalue weighted by atomic mass is 9.60. The molecule has 68 heavy (non-hydrogen) atoms. The molecule has 7 heterocycles. The Morgan fingerprint density at radius 2 is 1.51 bits per heavy atom. The van der Waals surface area contributed by atoms with Gasteiger partial charge in [-0.1, -0.05) is 30.3 Å². The Morgan fingerprint density at radius 1 is 0.779 bits per heavy atom. The Hall–Kier alpha value is -6.69. The number of carbonyl (C=O) groups excluding carboxylic acids is 6. The van der Waals surface area contributed by atoms with Gasteiger partial charge in [0.2, 0.25) is 23.6 Å². The fourth-order valence-corrected chi connectivity index (χ4v) is 11.8. The van der Waals surface area contributed by atoms with E-state index in [2.05, 4.69) is 69.5 Å². The van der Waals surface area contributed by atoms with Crippen molar-refractivity contribution in [3.8, 4) is 0 Å². The number of piperazine rings is 1. The van der Waals surface area contributed by atoms with Crippen LogP contribution in [0, 0.1) is 11.3 Å². The summed E-state index contributed by atoms with van der Waals surface area (Å²) in [7, 11) is 0. The van der Waals surface area contributed by atoms with E-state index < -0.39 is 29.7 Å². The van der Waals surface area contributed by atoms with Gasteiger partial charge in [-0.3, -0.25) is 43.9 Å². The number of amides is 6. The Bertz CT molecular complexity index is 2630. The first-order valence-corrected chi connectivity index (χ1v) is 24.4. The van der Waals surface area contributed by atoms with Crippen LogP contribution in [0.2, 0.25) is 0 Å². The van der Waals surface area contributed by atoms with Crippen LogP contribution in [-0.2, 0) is 35.2 Å². The number of anilines is 3. The topological polar surface area (TPSA) is 198 Å². The maximum atomic E-state index is 13.7. The Balaban J connectivity index is 0.598. The highest BCUT2D eigenvalue weighted by Gasteiger charge is 2.49. The molecule has 2 aromatic carbocycles. The number of fused-ring (bicyclic) bond motifs is 1. The number of likely N-dealkylation sites (tertiary alicyclic amines) is 2. The summed E-state index contributed by atoms with van der Waals surface area (Å²) in [5.41, 5.74) is 5.22. The van der Waals surface area contributed by atoms with E-state index in [1.165, 1.54) is 24.6 Å². The van der Waals surface area contributed by atoms with Crippen LogP contribution in [0.3, 0.4) is 0 Å². The Morgan fingerprint density at radius 3 is 2.24 bits per heavy atom. The third-order valence-electron chi connectivity index (χ3n) is 15.9. The van der Waals surface area contributed by atoms with E-state index in [9.17, 15) is 28.8 Å². The predicted octanol–water partition coefficient (Wildman–Crippen LogP) is 3.30. The molecule has 1 spiro atoms. The third kappa shape index (κ3) is 8.58. The van der Waals surface area contributed by atoms with Crippen molar-refractivity contribution in [2.24, 2.45) is 11.3 Å². The van der Waals surface area contributed by atoms with Gasteiger partial charge in [-0.25, -0.2) is 15.0 Å². The molecule has 3 N–H and O–H groups in total. The average Bonchev–Trinajstić information content (AvgIpc) is 3.89. The number of nitrogens with one attached hydrogen (secondary N) is 3. The summed E-state index contributed by atoms with van der Waals surface area (Å²) in [6, 6.07) is 18.3. The standard InChI is InChI=1S/C50H58N12O6/c63-41-11-10-39(47(66)56-41)62-43(65)27-40(49(62)68)59-16-12-33(13-17-59)48(67)60-18-14-50(15-19-60)28-38(29-50)58-22-20-57(21-23-58)36-8-6-34(7-9-36)55-45-44-46(52-30-51-45)61(31-53-44)37-25-35(26-37)54-42(64)24-32-4-2-1-3-5-32/h1-9,27,30-31,33,35,37-39H,10-26,28-29H2,(H,54,64)(H,51,52,55)(H,56,63,66)/t35?,37?,39-/m0/s1. The van der Waals surface area contributed by atoms with Crippen molar-refractivity contribution in [2.75, 3.05) is 62.6 Å². The Labute approximate surface area is 394 Å². The first-order valence-electron chi connectivity index (χ1n) is 24.4. The molecule has 2 aliphatic carbocycles. The number of carbonyl (C=O) groups is 6. The zero-order valence-electron chi connectivity index (χ0n) is 38.2. The quantitative estimate of drug-likeness (QED) is 0.186. The second-order valence-corrected chi connectivity index (χ2v) is 20.0. The molecule has 2 aromatic heterocycles. The number of piperidine rings is 3. The minimum Gasteiger partial charge on any atom is -0.369 e. The summed E-state index contributed by atoms with van der Waals surface area (Å²) in [6.07, 6.45) is 12.6. The molecular formula is C50H58N12O6. The second kappa shape index (κ2) is 18.1.